The number of ether oxygens (including phenoxy) is 2. The zero-order valence-electron chi connectivity index (χ0n) is 17.7. The molecule has 8 nitrogen and oxygen atoms in total. The van der Waals surface area contributed by atoms with Crippen LogP contribution in [-0.4, -0.2) is 35.9 Å². The van der Waals surface area contributed by atoms with Crippen LogP contribution >= 0.6 is 11.3 Å². The number of carbonyl (C=O) groups is 1. The molecule has 1 N–H and O–H groups in total. The first-order chi connectivity index (χ1) is 15.0. The van der Waals surface area contributed by atoms with E-state index in [4.69, 9.17) is 9.47 Å². The van der Waals surface area contributed by atoms with Crippen molar-refractivity contribution < 1.29 is 14.3 Å². The van der Waals surface area contributed by atoms with Gasteiger partial charge in [-0.25, -0.2) is 10.4 Å². The summed E-state index contributed by atoms with van der Waals surface area (Å²) < 4.78 is 11.8. The number of carbonyl (C=O) groups excluding carboxylic acids is 1. The first-order valence-corrected chi connectivity index (χ1v) is 10.9. The summed E-state index contributed by atoms with van der Waals surface area (Å²) in [5.41, 5.74) is 4.13. The fourth-order valence-corrected chi connectivity index (χ4v) is 5.12. The van der Waals surface area contributed by atoms with Crippen molar-refractivity contribution in [2.45, 2.75) is 32.7 Å². The fraction of sp³-hybridized carbons (Fsp3) is 0.364. The summed E-state index contributed by atoms with van der Waals surface area (Å²) in [4.78, 5) is 31.8. The average Bonchev–Trinajstić information content (AvgIpc) is 3.13. The van der Waals surface area contributed by atoms with E-state index in [-0.39, 0.29) is 12.1 Å². The van der Waals surface area contributed by atoms with E-state index in [2.05, 4.69) is 22.4 Å². The van der Waals surface area contributed by atoms with E-state index >= 15 is 0 Å². The first-order valence-electron chi connectivity index (χ1n) is 10.0. The standard InChI is InChI=1S/C22H24N4O4S/c1-13-4-6-15-18(8-13)31-21-20(15)22(28)26(12-23-21)11-19(27)25-24-10-14-5-7-16(29-2)17(9-14)30-3/h5,7,9-10,12-13H,4,6,8,11H2,1-3H3,(H,25,27)/b24-10+. The van der Waals surface area contributed by atoms with Gasteiger partial charge in [-0.3, -0.25) is 14.2 Å². The third-order valence-corrected chi connectivity index (χ3v) is 6.57. The molecule has 0 bridgehead atoms. The van der Waals surface area contributed by atoms with Gasteiger partial charge in [0.2, 0.25) is 0 Å². The van der Waals surface area contributed by atoms with Gasteiger partial charge in [0.15, 0.2) is 11.5 Å². The Morgan fingerprint density at radius 2 is 2.16 bits per heavy atom. The topological polar surface area (TPSA) is 94.8 Å². The van der Waals surface area contributed by atoms with Crippen molar-refractivity contribution in [1.82, 2.24) is 15.0 Å². The normalized spacial score (nSPS) is 15.8. The van der Waals surface area contributed by atoms with E-state index in [0.29, 0.717) is 22.8 Å². The van der Waals surface area contributed by atoms with Crippen LogP contribution in [0.2, 0.25) is 0 Å². The quantitative estimate of drug-likeness (QED) is 0.470. The van der Waals surface area contributed by atoms with Crippen molar-refractivity contribution >= 4 is 33.7 Å². The fourth-order valence-electron chi connectivity index (χ4n) is 3.78. The molecule has 1 aliphatic carbocycles. The highest BCUT2D eigenvalue weighted by Gasteiger charge is 2.23. The number of amides is 1. The molecule has 1 aromatic carbocycles. The van der Waals surface area contributed by atoms with Crippen molar-refractivity contribution in [3.8, 4) is 11.5 Å². The van der Waals surface area contributed by atoms with E-state index in [0.717, 1.165) is 35.2 Å². The molecule has 4 rings (SSSR count). The Morgan fingerprint density at radius 1 is 1.35 bits per heavy atom. The molecule has 31 heavy (non-hydrogen) atoms. The Balaban J connectivity index is 1.47. The average molecular weight is 441 g/mol. The third-order valence-electron chi connectivity index (χ3n) is 5.41. The summed E-state index contributed by atoms with van der Waals surface area (Å²) in [5.74, 6) is 1.39. The molecular formula is C22H24N4O4S. The maximum absolute atomic E-state index is 13.0. The number of fused-ring (bicyclic) bond motifs is 3. The summed E-state index contributed by atoms with van der Waals surface area (Å²) in [7, 11) is 3.11. The van der Waals surface area contributed by atoms with Gasteiger partial charge in [0.05, 0.1) is 32.1 Å². The number of benzene rings is 1. The van der Waals surface area contributed by atoms with E-state index in [1.54, 1.807) is 43.8 Å². The minimum atomic E-state index is -0.405. The zero-order chi connectivity index (χ0) is 22.0. The van der Waals surface area contributed by atoms with Crippen molar-refractivity contribution in [1.29, 1.82) is 0 Å². The maximum Gasteiger partial charge on any atom is 0.262 e. The number of thiophene rings is 1. The molecule has 1 atom stereocenters. The van der Waals surface area contributed by atoms with Gasteiger partial charge < -0.3 is 9.47 Å². The molecule has 2 aromatic heterocycles. The van der Waals surface area contributed by atoms with Gasteiger partial charge in [0.25, 0.3) is 11.5 Å². The van der Waals surface area contributed by atoms with Crippen LogP contribution in [0.3, 0.4) is 0 Å². The number of aryl methyl sites for hydroxylation is 1. The Morgan fingerprint density at radius 3 is 2.94 bits per heavy atom. The van der Waals surface area contributed by atoms with Crippen LogP contribution in [0, 0.1) is 5.92 Å². The summed E-state index contributed by atoms with van der Waals surface area (Å²) >= 11 is 1.59. The Bertz CT molecular complexity index is 1210. The monoisotopic (exact) mass is 440 g/mol. The molecule has 1 amide bonds. The van der Waals surface area contributed by atoms with Crippen molar-refractivity contribution in [3.63, 3.8) is 0 Å². The Hall–Kier alpha value is -3.20. The number of hydrogen-bond acceptors (Lipinski definition) is 7. The van der Waals surface area contributed by atoms with Gasteiger partial charge in [-0.2, -0.15) is 5.10 Å². The Labute approximate surface area is 183 Å². The van der Waals surface area contributed by atoms with Crippen LogP contribution in [0.1, 0.15) is 29.3 Å². The zero-order valence-corrected chi connectivity index (χ0v) is 18.5. The first kappa shape index (κ1) is 21.0. The molecule has 0 spiro atoms. The van der Waals surface area contributed by atoms with Gasteiger partial charge in [0, 0.05) is 4.88 Å². The van der Waals surface area contributed by atoms with Crippen LogP contribution in [0.5, 0.6) is 11.5 Å². The van der Waals surface area contributed by atoms with Crippen molar-refractivity contribution in [2.75, 3.05) is 14.2 Å². The lowest BCUT2D eigenvalue weighted by Gasteiger charge is -2.17. The van der Waals surface area contributed by atoms with Crippen LogP contribution in [-0.2, 0) is 24.2 Å². The largest absolute Gasteiger partial charge is 0.493 e. The molecule has 0 saturated carbocycles. The molecule has 0 aliphatic heterocycles. The van der Waals surface area contributed by atoms with Crippen molar-refractivity contribution in [2.24, 2.45) is 11.0 Å². The van der Waals surface area contributed by atoms with Crippen molar-refractivity contribution in [3.05, 3.63) is 50.9 Å². The predicted octanol–water partition coefficient (Wildman–Crippen LogP) is 2.75. The number of hydrazone groups is 1. The lowest BCUT2D eigenvalue weighted by Crippen LogP contribution is -2.30. The van der Waals surface area contributed by atoms with Gasteiger partial charge in [-0.1, -0.05) is 6.92 Å². The van der Waals surface area contributed by atoms with Crippen LogP contribution < -0.4 is 20.5 Å². The van der Waals surface area contributed by atoms with E-state index in [9.17, 15) is 9.59 Å². The number of nitrogens with zero attached hydrogens (tertiary/aromatic N) is 3. The molecule has 162 valence electrons. The molecule has 1 aliphatic rings. The molecule has 2 heterocycles. The second kappa shape index (κ2) is 8.89. The molecular weight excluding hydrogens is 416 g/mol. The summed E-state index contributed by atoms with van der Waals surface area (Å²) in [6.45, 7) is 2.08. The summed E-state index contributed by atoms with van der Waals surface area (Å²) in [6, 6.07) is 5.29. The maximum atomic E-state index is 13.0. The van der Waals surface area contributed by atoms with Crippen LogP contribution in [0.4, 0.5) is 0 Å². The molecule has 9 heteroatoms. The summed E-state index contributed by atoms with van der Waals surface area (Å²) in [6.07, 6.45) is 5.88. The Kier molecular flexibility index (Phi) is 6.03. The van der Waals surface area contributed by atoms with Gasteiger partial charge in [0.1, 0.15) is 11.4 Å². The van der Waals surface area contributed by atoms with E-state index in [1.807, 2.05) is 0 Å². The highest BCUT2D eigenvalue weighted by molar-refractivity contribution is 7.18. The second-order valence-electron chi connectivity index (χ2n) is 7.62. The van der Waals surface area contributed by atoms with Gasteiger partial charge in [-0.05, 0) is 54.5 Å². The molecule has 0 fully saturated rings. The minimum Gasteiger partial charge on any atom is -0.493 e. The van der Waals surface area contributed by atoms with Crippen LogP contribution in [0.25, 0.3) is 10.2 Å². The molecule has 3 aromatic rings. The molecule has 0 saturated heterocycles. The van der Waals surface area contributed by atoms with Gasteiger partial charge >= 0.3 is 0 Å². The van der Waals surface area contributed by atoms with E-state index < -0.39 is 5.91 Å². The highest BCUT2D eigenvalue weighted by atomic mass is 32.1. The van der Waals surface area contributed by atoms with E-state index in [1.165, 1.54) is 22.0 Å². The number of rotatable bonds is 6. The molecule has 1 unspecified atom stereocenters. The number of methoxy groups -OCH3 is 2. The lowest BCUT2D eigenvalue weighted by atomic mass is 9.89. The second-order valence-corrected chi connectivity index (χ2v) is 8.70. The highest BCUT2D eigenvalue weighted by Crippen LogP contribution is 2.35. The number of aromatic nitrogens is 2. The smallest absolute Gasteiger partial charge is 0.262 e. The third kappa shape index (κ3) is 4.32. The minimum absolute atomic E-state index is 0.147. The number of hydrogen-bond donors (Lipinski definition) is 1. The number of nitrogens with one attached hydrogen (secondary N) is 1. The summed E-state index contributed by atoms with van der Waals surface area (Å²) in [5, 5.41) is 4.64. The molecule has 0 radical (unpaired) electrons. The van der Waals surface area contributed by atoms with Gasteiger partial charge in [-0.15, -0.1) is 11.3 Å². The lowest BCUT2D eigenvalue weighted by molar-refractivity contribution is -0.121. The SMILES string of the molecule is COc1ccc(/C=N/NC(=O)Cn2cnc3sc4c(c3c2=O)CCC(C)C4)cc1OC. The van der Waals surface area contributed by atoms with Crippen LogP contribution in [0.15, 0.2) is 34.4 Å². The predicted molar refractivity (Wildman–Crippen MR) is 120 cm³/mol.